The van der Waals surface area contributed by atoms with Gasteiger partial charge in [0, 0.05) is 24.5 Å². The van der Waals surface area contributed by atoms with E-state index in [1.165, 1.54) is 0 Å². The van der Waals surface area contributed by atoms with Crippen molar-refractivity contribution in [2.45, 2.75) is 67.3 Å². The van der Waals surface area contributed by atoms with E-state index in [2.05, 4.69) is 10.0 Å². The fourth-order valence-electron chi connectivity index (χ4n) is 3.79. The zero-order valence-electron chi connectivity index (χ0n) is 20.1. The molecule has 0 aliphatic carbocycles. The Morgan fingerprint density at radius 1 is 0.757 bits per heavy atom. The van der Waals surface area contributed by atoms with Crippen LogP contribution in [0.1, 0.15) is 6.42 Å². The van der Waals surface area contributed by atoms with Crippen molar-refractivity contribution in [3.63, 3.8) is 0 Å². The van der Waals surface area contributed by atoms with Crippen molar-refractivity contribution in [2.75, 3.05) is 59.4 Å². The number of aliphatic hydroxyl groups is 8. The van der Waals surface area contributed by atoms with Crippen molar-refractivity contribution >= 4 is 0 Å². The molecule has 17 nitrogen and oxygen atoms in total. The molecule has 0 radical (unpaired) electrons. The van der Waals surface area contributed by atoms with Crippen LogP contribution in [0.2, 0.25) is 0 Å². The summed E-state index contributed by atoms with van der Waals surface area (Å²) in [5, 5.41) is 84.4. The minimum atomic E-state index is -2.31. The van der Waals surface area contributed by atoms with E-state index in [4.69, 9.17) is 34.0 Å². The quantitative estimate of drug-likeness (QED) is 0.0396. The van der Waals surface area contributed by atoms with Gasteiger partial charge in [-0.2, -0.15) is 0 Å². The molecule has 216 valence electrons. The summed E-state index contributed by atoms with van der Waals surface area (Å²) in [6.07, 6.45) is -15.3. The number of hydrogen-bond donors (Lipinski definition) is 8. The summed E-state index contributed by atoms with van der Waals surface area (Å²) in [7, 11) is 0. The molecule has 2 aliphatic heterocycles. The van der Waals surface area contributed by atoms with E-state index < -0.39 is 74.1 Å². The maximum absolute atomic E-state index is 11.2. The molecule has 2 saturated heterocycles. The fourth-order valence-corrected chi connectivity index (χ4v) is 3.79. The third-order valence-corrected chi connectivity index (χ3v) is 6.00. The van der Waals surface area contributed by atoms with Crippen LogP contribution in [0.15, 0.2) is 5.11 Å². The maximum atomic E-state index is 11.2. The van der Waals surface area contributed by atoms with E-state index in [1.807, 2.05) is 0 Å². The van der Waals surface area contributed by atoms with Crippen LogP contribution in [0, 0.1) is 0 Å². The highest BCUT2D eigenvalue weighted by Crippen LogP contribution is 2.36. The van der Waals surface area contributed by atoms with Gasteiger partial charge in [-0.05, 0) is 5.53 Å². The standard InChI is InChI=1S/C20H37N3O14/c21-23-22-2-4-33-6-8-34-7-5-32-3-1-20(31)17(30)14(27)12(10-25)36-19(20)37-18-16(29)15(28)13(26)11(9-24)35-18/h11-19,24-31H,1-10H2/t11-,12-,13-,14+,15+,16-,17+,18-,19+,20-/m1/s1. The number of rotatable bonds is 16. The van der Waals surface area contributed by atoms with Crippen molar-refractivity contribution < 1.29 is 69.3 Å². The molecule has 2 fully saturated rings. The van der Waals surface area contributed by atoms with Gasteiger partial charge in [0.15, 0.2) is 12.6 Å². The lowest BCUT2D eigenvalue weighted by Gasteiger charge is -2.49. The Labute approximate surface area is 212 Å². The molecule has 0 bridgehead atoms. The van der Waals surface area contributed by atoms with Crippen LogP contribution >= 0.6 is 0 Å². The fraction of sp³-hybridized carbons (Fsp3) is 1.00. The second kappa shape index (κ2) is 16.0. The molecular weight excluding hydrogens is 506 g/mol. The number of azide groups is 1. The van der Waals surface area contributed by atoms with Crippen LogP contribution < -0.4 is 0 Å². The molecule has 2 aliphatic rings. The van der Waals surface area contributed by atoms with Crippen LogP contribution in [0.3, 0.4) is 0 Å². The van der Waals surface area contributed by atoms with Crippen LogP contribution in [-0.4, -0.2) is 161 Å². The average molecular weight is 544 g/mol. The Bertz CT molecular complexity index is 701. The van der Waals surface area contributed by atoms with E-state index in [-0.39, 0.29) is 52.6 Å². The molecule has 2 rings (SSSR count). The first-order valence-corrected chi connectivity index (χ1v) is 11.8. The molecule has 0 amide bonds. The molecule has 0 aromatic heterocycles. The largest absolute Gasteiger partial charge is 0.394 e. The summed E-state index contributed by atoms with van der Waals surface area (Å²) < 4.78 is 32.1. The van der Waals surface area contributed by atoms with Crippen molar-refractivity contribution in [1.29, 1.82) is 0 Å². The van der Waals surface area contributed by atoms with Gasteiger partial charge >= 0.3 is 0 Å². The second-order valence-electron chi connectivity index (χ2n) is 8.49. The van der Waals surface area contributed by atoms with Gasteiger partial charge in [-0.25, -0.2) is 0 Å². The summed E-state index contributed by atoms with van der Waals surface area (Å²) in [5.74, 6) is 0. The summed E-state index contributed by atoms with van der Waals surface area (Å²) >= 11 is 0. The highest BCUT2D eigenvalue weighted by atomic mass is 16.8. The third-order valence-electron chi connectivity index (χ3n) is 6.00. The summed E-state index contributed by atoms with van der Waals surface area (Å²) in [5.41, 5.74) is 5.84. The van der Waals surface area contributed by atoms with Crippen LogP contribution in [-0.2, 0) is 28.4 Å². The SMILES string of the molecule is [N-]=[N+]=NCCOCCOCCOCC[C@]1(O)[C@H](O[C@H]2O[C@H](CO)[C@@H](O)[C@H](O)[C@H]2O)O[C@H](CO)[C@H](O)[C@@H]1O. The van der Waals surface area contributed by atoms with E-state index in [1.54, 1.807) is 0 Å². The molecule has 0 unspecified atom stereocenters. The molecule has 8 N–H and O–H groups in total. The zero-order chi connectivity index (χ0) is 27.4. The number of aliphatic hydroxyl groups excluding tert-OH is 7. The van der Waals surface area contributed by atoms with Crippen molar-refractivity contribution in [2.24, 2.45) is 5.11 Å². The summed E-state index contributed by atoms with van der Waals surface area (Å²) in [6.45, 7) is -0.317. The summed E-state index contributed by atoms with van der Waals surface area (Å²) in [6, 6.07) is 0. The monoisotopic (exact) mass is 543 g/mol. The maximum Gasteiger partial charge on any atom is 0.192 e. The lowest BCUT2D eigenvalue weighted by atomic mass is 9.84. The van der Waals surface area contributed by atoms with Gasteiger partial charge in [-0.3, -0.25) is 0 Å². The molecule has 0 spiro atoms. The molecular formula is C20H37N3O14. The van der Waals surface area contributed by atoms with Crippen LogP contribution in [0.4, 0.5) is 0 Å². The summed E-state index contributed by atoms with van der Waals surface area (Å²) in [4.78, 5) is 2.59. The molecule has 0 saturated carbocycles. The van der Waals surface area contributed by atoms with Crippen LogP contribution in [0.25, 0.3) is 10.4 Å². The van der Waals surface area contributed by atoms with Gasteiger partial charge in [0.25, 0.3) is 0 Å². The van der Waals surface area contributed by atoms with Gasteiger partial charge in [-0.15, -0.1) is 0 Å². The lowest BCUT2D eigenvalue weighted by molar-refractivity contribution is -0.399. The van der Waals surface area contributed by atoms with Crippen molar-refractivity contribution in [3.8, 4) is 0 Å². The number of hydrogen-bond acceptors (Lipinski definition) is 15. The first kappa shape index (κ1) is 32.0. The normalized spacial score (nSPS) is 38.3. The predicted octanol–water partition coefficient (Wildman–Crippen LogP) is -4.28. The Hall–Kier alpha value is -1.25. The first-order valence-electron chi connectivity index (χ1n) is 11.8. The molecule has 0 aromatic rings. The van der Waals surface area contributed by atoms with E-state index in [0.717, 1.165) is 0 Å². The van der Waals surface area contributed by atoms with Crippen molar-refractivity contribution in [1.82, 2.24) is 0 Å². The van der Waals surface area contributed by atoms with E-state index >= 15 is 0 Å². The van der Waals surface area contributed by atoms with Crippen LogP contribution in [0.5, 0.6) is 0 Å². The minimum Gasteiger partial charge on any atom is -0.394 e. The molecule has 2 heterocycles. The molecule has 0 aromatic carbocycles. The Kier molecular flexibility index (Phi) is 13.8. The minimum absolute atomic E-state index is 0.103. The Morgan fingerprint density at radius 2 is 1.32 bits per heavy atom. The molecule has 17 heteroatoms. The third kappa shape index (κ3) is 8.62. The Balaban J connectivity index is 1.89. The second-order valence-corrected chi connectivity index (χ2v) is 8.49. The van der Waals surface area contributed by atoms with Gasteiger partial charge in [0.2, 0.25) is 0 Å². The van der Waals surface area contributed by atoms with Gasteiger partial charge < -0.3 is 69.3 Å². The number of nitrogens with zero attached hydrogens (tertiary/aromatic N) is 3. The van der Waals surface area contributed by atoms with Gasteiger partial charge in [0.1, 0.15) is 48.3 Å². The first-order chi connectivity index (χ1) is 17.7. The smallest absolute Gasteiger partial charge is 0.192 e. The van der Waals surface area contributed by atoms with Gasteiger partial charge in [-0.1, -0.05) is 5.11 Å². The number of ether oxygens (including phenoxy) is 6. The highest BCUT2D eigenvalue weighted by molar-refractivity contribution is 5.01. The highest BCUT2D eigenvalue weighted by Gasteiger charge is 2.57. The molecule has 37 heavy (non-hydrogen) atoms. The topological polar surface area (TPSA) is 266 Å². The predicted molar refractivity (Wildman–Crippen MR) is 119 cm³/mol. The van der Waals surface area contributed by atoms with Crippen molar-refractivity contribution in [3.05, 3.63) is 10.4 Å². The zero-order valence-corrected chi connectivity index (χ0v) is 20.1. The average Bonchev–Trinajstić information content (AvgIpc) is 2.89. The molecule has 10 atom stereocenters. The van der Waals surface area contributed by atoms with E-state index in [0.29, 0.717) is 0 Å². The van der Waals surface area contributed by atoms with E-state index in [9.17, 15) is 40.9 Å². The van der Waals surface area contributed by atoms with Gasteiger partial charge in [0.05, 0.1) is 46.2 Å². The lowest BCUT2D eigenvalue weighted by Crippen LogP contribution is -2.69. The Morgan fingerprint density at radius 3 is 1.92 bits per heavy atom.